The number of carbonyl (C=O) groups is 1. The zero-order valence-corrected chi connectivity index (χ0v) is 19.9. The molecule has 168 valence electrons. The second-order valence-electron chi connectivity index (χ2n) is 6.87. The minimum atomic E-state index is -0.166. The Morgan fingerprint density at radius 2 is 1.88 bits per heavy atom. The molecule has 8 nitrogen and oxygen atoms in total. The Morgan fingerprint density at radius 1 is 1.09 bits per heavy atom. The number of hydrogen-bond acceptors (Lipinski definition) is 9. The number of methoxy groups -OCH3 is 2. The number of nitrogens with zero attached hydrogens (tertiary/aromatic N) is 4. The predicted molar refractivity (Wildman–Crippen MR) is 130 cm³/mol. The van der Waals surface area contributed by atoms with E-state index in [4.69, 9.17) is 9.47 Å². The normalized spacial score (nSPS) is 10.6. The fourth-order valence-electron chi connectivity index (χ4n) is 2.98. The van der Waals surface area contributed by atoms with Gasteiger partial charge in [0.2, 0.25) is 5.91 Å². The maximum Gasteiger partial charge on any atom is 0.234 e. The van der Waals surface area contributed by atoms with E-state index in [2.05, 4.69) is 25.5 Å². The van der Waals surface area contributed by atoms with Crippen LogP contribution in [0.25, 0.3) is 21.1 Å². The molecule has 4 rings (SSSR count). The van der Waals surface area contributed by atoms with Crippen molar-refractivity contribution in [3.63, 3.8) is 0 Å². The largest absolute Gasteiger partial charge is 0.497 e. The van der Waals surface area contributed by atoms with Crippen LogP contribution in [0.4, 0.5) is 5.69 Å². The van der Waals surface area contributed by atoms with Crippen molar-refractivity contribution in [2.24, 2.45) is 0 Å². The highest BCUT2D eigenvalue weighted by Crippen LogP contribution is 2.34. The van der Waals surface area contributed by atoms with Crippen molar-refractivity contribution >= 4 is 34.7 Å². The van der Waals surface area contributed by atoms with Crippen LogP contribution in [-0.4, -0.2) is 46.0 Å². The summed E-state index contributed by atoms with van der Waals surface area (Å²) in [4.78, 5) is 22.1. The molecule has 33 heavy (non-hydrogen) atoms. The monoisotopic (exact) mass is 479 g/mol. The molecule has 0 saturated heterocycles. The highest BCUT2D eigenvalue weighted by atomic mass is 32.2. The number of aromatic nitrogens is 4. The van der Waals surface area contributed by atoms with Crippen molar-refractivity contribution in [2.75, 3.05) is 25.3 Å². The average Bonchev–Trinajstić information content (AvgIpc) is 3.25. The number of anilines is 1. The van der Waals surface area contributed by atoms with Gasteiger partial charge in [0, 0.05) is 41.8 Å². The molecule has 0 fully saturated rings. The Labute approximate surface area is 199 Å². The third-order valence-electron chi connectivity index (χ3n) is 4.56. The molecule has 0 atom stereocenters. The van der Waals surface area contributed by atoms with Crippen LogP contribution in [0.5, 0.6) is 11.5 Å². The quantitative estimate of drug-likeness (QED) is 0.363. The van der Waals surface area contributed by atoms with Crippen LogP contribution < -0.4 is 14.8 Å². The van der Waals surface area contributed by atoms with Crippen molar-refractivity contribution in [1.82, 2.24) is 20.2 Å². The summed E-state index contributed by atoms with van der Waals surface area (Å²) in [6, 6.07) is 12.8. The number of thioether (sulfide) groups is 1. The van der Waals surface area contributed by atoms with Crippen LogP contribution in [-0.2, 0) is 4.79 Å². The van der Waals surface area contributed by atoms with E-state index < -0.39 is 0 Å². The minimum absolute atomic E-state index is 0.166. The van der Waals surface area contributed by atoms with Crippen molar-refractivity contribution in [1.29, 1.82) is 0 Å². The lowest BCUT2D eigenvalue weighted by Gasteiger charge is -2.09. The number of carbonyl (C=O) groups excluding carboxylic acids is 1. The maximum absolute atomic E-state index is 12.4. The second kappa shape index (κ2) is 10.4. The average molecular weight is 480 g/mol. The SMILES string of the molecule is COc1cc(NC(=O)CSc2ccc(-c3sc(-c4cccnc4)nc3C)nn2)cc(OC)c1. The number of rotatable bonds is 8. The van der Waals surface area contributed by atoms with Gasteiger partial charge in [-0.2, -0.15) is 0 Å². The zero-order chi connectivity index (χ0) is 23.2. The van der Waals surface area contributed by atoms with E-state index in [0.717, 1.165) is 26.8 Å². The molecule has 3 heterocycles. The van der Waals surface area contributed by atoms with Gasteiger partial charge in [-0.25, -0.2) is 4.98 Å². The molecular weight excluding hydrogens is 458 g/mol. The predicted octanol–water partition coefficient (Wildman–Crippen LogP) is 4.72. The number of ether oxygens (including phenoxy) is 2. The van der Waals surface area contributed by atoms with Crippen LogP contribution in [0.3, 0.4) is 0 Å². The highest BCUT2D eigenvalue weighted by Gasteiger charge is 2.14. The van der Waals surface area contributed by atoms with Crippen LogP contribution >= 0.6 is 23.1 Å². The molecule has 10 heteroatoms. The molecule has 0 unspecified atom stereocenters. The van der Waals surface area contributed by atoms with Gasteiger partial charge >= 0.3 is 0 Å². The number of benzene rings is 1. The van der Waals surface area contributed by atoms with Crippen molar-refractivity contribution in [2.45, 2.75) is 11.9 Å². The third kappa shape index (κ3) is 5.65. The van der Waals surface area contributed by atoms with Gasteiger partial charge in [0.1, 0.15) is 27.2 Å². The fourth-order valence-corrected chi connectivity index (χ4v) is 4.62. The van der Waals surface area contributed by atoms with Gasteiger partial charge < -0.3 is 14.8 Å². The molecule has 1 N–H and O–H groups in total. The number of nitrogens with one attached hydrogen (secondary N) is 1. The summed E-state index contributed by atoms with van der Waals surface area (Å²) in [6.45, 7) is 1.95. The topological polar surface area (TPSA) is 99.1 Å². The lowest BCUT2D eigenvalue weighted by atomic mass is 10.2. The molecule has 0 aliphatic heterocycles. The third-order valence-corrected chi connectivity index (χ3v) is 6.71. The lowest BCUT2D eigenvalue weighted by molar-refractivity contribution is -0.113. The summed E-state index contributed by atoms with van der Waals surface area (Å²) in [5.41, 5.74) is 3.21. The van der Waals surface area contributed by atoms with Gasteiger partial charge in [-0.05, 0) is 31.2 Å². The van der Waals surface area contributed by atoms with Gasteiger partial charge in [0.15, 0.2) is 0 Å². The standard InChI is InChI=1S/C23H21N5O3S2/c1-14-22(33-23(25-14)15-5-4-8-24-12-15)19-6-7-21(28-27-19)32-13-20(29)26-16-9-17(30-2)11-18(10-16)31-3/h4-12H,13H2,1-3H3,(H,26,29). The summed E-state index contributed by atoms with van der Waals surface area (Å²) in [5, 5.41) is 13.0. The zero-order valence-electron chi connectivity index (χ0n) is 18.2. The van der Waals surface area contributed by atoms with E-state index in [0.29, 0.717) is 22.2 Å². The molecule has 0 saturated carbocycles. The molecule has 3 aromatic heterocycles. The van der Waals surface area contributed by atoms with Crippen LogP contribution in [0.1, 0.15) is 5.69 Å². The number of pyridine rings is 1. The van der Waals surface area contributed by atoms with Gasteiger partial charge in [0.05, 0.1) is 30.5 Å². The first-order chi connectivity index (χ1) is 16.1. The van der Waals surface area contributed by atoms with E-state index in [1.807, 2.05) is 31.2 Å². The van der Waals surface area contributed by atoms with Gasteiger partial charge in [-0.15, -0.1) is 21.5 Å². The Bertz CT molecular complexity index is 1220. The van der Waals surface area contributed by atoms with Crippen LogP contribution in [0, 0.1) is 6.92 Å². The molecule has 0 spiro atoms. The Balaban J connectivity index is 1.39. The summed E-state index contributed by atoms with van der Waals surface area (Å²) in [7, 11) is 3.12. The summed E-state index contributed by atoms with van der Waals surface area (Å²) < 4.78 is 10.5. The van der Waals surface area contributed by atoms with Crippen molar-refractivity contribution in [3.8, 4) is 32.6 Å². The first-order valence-electron chi connectivity index (χ1n) is 9.93. The first-order valence-corrected chi connectivity index (χ1v) is 11.7. The van der Waals surface area contributed by atoms with E-state index in [1.165, 1.54) is 11.8 Å². The summed E-state index contributed by atoms with van der Waals surface area (Å²) >= 11 is 2.86. The first kappa shape index (κ1) is 22.7. The molecular formula is C23H21N5O3S2. The molecule has 0 bridgehead atoms. The second-order valence-corrected chi connectivity index (χ2v) is 8.86. The number of amides is 1. The van der Waals surface area contributed by atoms with E-state index in [1.54, 1.807) is 56.1 Å². The smallest absolute Gasteiger partial charge is 0.234 e. The Hall–Kier alpha value is -3.50. The summed E-state index contributed by atoms with van der Waals surface area (Å²) in [6.07, 6.45) is 3.53. The highest BCUT2D eigenvalue weighted by molar-refractivity contribution is 7.99. The Kier molecular flexibility index (Phi) is 7.16. The number of thiazole rings is 1. The lowest BCUT2D eigenvalue weighted by Crippen LogP contribution is -2.14. The molecule has 0 radical (unpaired) electrons. The fraction of sp³-hybridized carbons (Fsp3) is 0.174. The molecule has 0 aliphatic carbocycles. The number of aryl methyl sites for hydroxylation is 1. The minimum Gasteiger partial charge on any atom is -0.497 e. The van der Waals surface area contributed by atoms with Gasteiger partial charge in [-0.3, -0.25) is 9.78 Å². The van der Waals surface area contributed by atoms with Crippen LogP contribution in [0.2, 0.25) is 0 Å². The molecule has 0 aliphatic rings. The molecule has 4 aromatic rings. The van der Waals surface area contributed by atoms with E-state index in [-0.39, 0.29) is 11.7 Å². The summed E-state index contributed by atoms with van der Waals surface area (Å²) in [5.74, 6) is 1.23. The Morgan fingerprint density at radius 3 is 2.52 bits per heavy atom. The molecule has 1 amide bonds. The number of hydrogen-bond donors (Lipinski definition) is 1. The van der Waals surface area contributed by atoms with Crippen molar-refractivity contribution in [3.05, 3.63) is 60.6 Å². The maximum atomic E-state index is 12.4. The van der Waals surface area contributed by atoms with Crippen LogP contribution in [0.15, 0.2) is 59.9 Å². The van der Waals surface area contributed by atoms with Gasteiger partial charge in [-0.1, -0.05) is 11.8 Å². The molecule has 1 aromatic carbocycles. The van der Waals surface area contributed by atoms with Gasteiger partial charge in [0.25, 0.3) is 0 Å². The van der Waals surface area contributed by atoms with E-state index in [9.17, 15) is 4.79 Å². The van der Waals surface area contributed by atoms with E-state index >= 15 is 0 Å². The van der Waals surface area contributed by atoms with Crippen molar-refractivity contribution < 1.29 is 14.3 Å².